The molecule has 0 aliphatic heterocycles. The normalized spacial score (nSPS) is 13.6. The summed E-state index contributed by atoms with van der Waals surface area (Å²) in [6.45, 7) is 0.614. The first-order chi connectivity index (χ1) is 8.42. The lowest BCUT2D eigenvalue weighted by Crippen LogP contribution is -2.29. The van der Waals surface area contributed by atoms with Crippen LogP contribution in [0.25, 0.3) is 0 Å². The molecule has 1 aromatic rings. The van der Waals surface area contributed by atoms with Gasteiger partial charge in [0.15, 0.2) is 0 Å². The van der Waals surface area contributed by atoms with E-state index in [1.165, 1.54) is 0 Å². The van der Waals surface area contributed by atoms with Gasteiger partial charge in [0.2, 0.25) is 0 Å². The van der Waals surface area contributed by atoms with Gasteiger partial charge in [-0.25, -0.2) is 0 Å². The number of aryl methyl sites for hydroxylation is 1. The minimum absolute atomic E-state index is 0.0255. The molecule has 0 spiro atoms. The molecule has 7 heteroatoms. The van der Waals surface area contributed by atoms with Crippen molar-refractivity contribution in [1.82, 2.24) is 10.4 Å². The summed E-state index contributed by atoms with van der Waals surface area (Å²) in [5.74, 6) is 5.37. The monoisotopic (exact) mass is 263 g/mol. The fourth-order valence-corrected chi connectivity index (χ4v) is 1.50. The fourth-order valence-electron chi connectivity index (χ4n) is 1.50. The number of hydrogen-bond donors (Lipinski definition) is 2. The van der Waals surface area contributed by atoms with Gasteiger partial charge in [-0.1, -0.05) is 6.07 Å². The second-order valence-electron chi connectivity index (χ2n) is 3.97. The van der Waals surface area contributed by atoms with Gasteiger partial charge in [-0.15, -0.1) is 0 Å². The minimum atomic E-state index is -4.30. The summed E-state index contributed by atoms with van der Waals surface area (Å²) in [6.07, 6.45) is -0.632. The molecule has 1 aromatic heterocycles. The lowest BCUT2D eigenvalue weighted by atomic mass is 10.1. The van der Waals surface area contributed by atoms with Crippen LogP contribution in [-0.4, -0.2) is 24.4 Å². The third kappa shape index (κ3) is 5.44. The highest BCUT2D eigenvalue weighted by Gasteiger charge is 2.27. The lowest BCUT2D eigenvalue weighted by molar-refractivity contribution is -0.174. The number of rotatable bonds is 6. The molecule has 0 fully saturated rings. The van der Waals surface area contributed by atoms with Crippen molar-refractivity contribution in [2.45, 2.75) is 25.6 Å². The van der Waals surface area contributed by atoms with Crippen molar-refractivity contribution < 1.29 is 17.9 Å². The van der Waals surface area contributed by atoms with Gasteiger partial charge in [0, 0.05) is 25.0 Å². The van der Waals surface area contributed by atoms with Crippen LogP contribution in [0.4, 0.5) is 13.2 Å². The molecule has 0 aromatic carbocycles. The standard InChI is InChI=1S/C11H16F3N3O/c1-8-4-9(6-16-5-8)10(17-15)2-3-18-7-11(12,13)14/h4-6,10,17H,2-3,7,15H2,1H3. The van der Waals surface area contributed by atoms with E-state index >= 15 is 0 Å². The summed E-state index contributed by atoms with van der Waals surface area (Å²) in [5, 5.41) is 0. The van der Waals surface area contributed by atoms with Crippen LogP contribution < -0.4 is 11.3 Å². The molecule has 4 nitrogen and oxygen atoms in total. The van der Waals surface area contributed by atoms with Crippen molar-refractivity contribution in [1.29, 1.82) is 0 Å². The first-order valence-electron chi connectivity index (χ1n) is 5.44. The molecular weight excluding hydrogens is 247 g/mol. The average Bonchev–Trinajstić information content (AvgIpc) is 2.27. The van der Waals surface area contributed by atoms with Gasteiger partial charge in [0.1, 0.15) is 6.61 Å². The number of hydrogen-bond acceptors (Lipinski definition) is 4. The predicted octanol–water partition coefficient (Wildman–Crippen LogP) is 1.86. The number of nitrogens with two attached hydrogens (primary N) is 1. The second-order valence-corrected chi connectivity index (χ2v) is 3.97. The van der Waals surface area contributed by atoms with Gasteiger partial charge < -0.3 is 4.74 Å². The highest BCUT2D eigenvalue weighted by Crippen LogP contribution is 2.18. The lowest BCUT2D eigenvalue weighted by Gasteiger charge is -2.16. The van der Waals surface area contributed by atoms with Crippen LogP contribution in [0.2, 0.25) is 0 Å². The Morgan fingerprint density at radius 1 is 1.44 bits per heavy atom. The maximum Gasteiger partial charge on any atom is 0.411 e. The average molecular weight is 263 g/mol. The zero-order chi connectivity index (χ0) is 13.6. The molecule has 0 aliphatic rings. The molecule has 1 rings (SSSR count). The summed E-state index contributed by atoms with van der Waals surface area (Å²) in [6, 6.07) is 1.60. The van der Waals surface area contributed by atoms with Crippen LogP contribution in [0, 0.1) is 6.92 Å². The van der Waals surface area contributed by atoms with Crippen LogP contribution in [-0.2, 0) is 4.74 Å². The number of pyridine rings is 1. The summed E-state index contributed by atoms with van der Waals surface area (Å²) >= 11 is 0. The van der Waals surface area contributed by atoms with E-state index in [-0.39, 0.29) is 12.6 Å². The van der Waals surface area contributed by atoms with Crippen molar-refractivity contribution in [3.63, 3.8) is 0 Å². The van der Waals surface area contributed by atoms with Crippen LogP contribution >= 0.6 is 0 Å². The molecule has 102 valence electrons. The Labute approximate surface area is 103 Å². The minimum Gasteiger partial charge on any atom is -0.372 e. The topological polar surface area (TPSA) is 60.2 Å². The maximum atomic E-state index is 11.9. The van der Waals surface area contributed by atoms with E-state index < -0.39 is 12.8 Å². The predicted molar refractivity (Wildman–Crippen MR) is 60.5 cm³/mol. The molecule has 0 saturated heterocycles. The third-order valence-electron chi connectivity index (χ3n) is 2.32. The van der Waals surface area contributed by atoms with E-state index in [0.717, 1.165) is 11.1 Å². The number of aromatic nitrogens is 1. The van der Waals surface area contributed by atoms with E-state index in [1.807, 2.05) is 13.0 Å². The van der Waals surface area contributed by atoms with Gasteiger partial charge in [0.25, 0.3) is 0 Å². The Bertz CT molecular complexity index is 371. The van der Waals surface area contributed by atoms with Crippen LogP contribution in [0.1, 0.15) is 23.6 Å². The number of nitrogens with zero attached hydrogens (tertiary/aromatic N) is 1. The SMILES string of the molecule is Cc1cncc(C(CCOCC(F)(F)F)NN)c1. The molecule has 0 saturated carbocycles. The highest BCUT2D eigenvalue weighted by atomic mass is 19.4. The summed E-state index contributed by atoms with van der Waals surface area (Å²) in [5.41, 5.74) is 4.33. The van der Waals surface area contributed by atoms with Gasteiger partial charge >= 0.3 is 6.18 Å². The van der Waals surface area contributed by atoms with Crippen LogP contribution in [0.15, 0.2) is 18.5 Å². The van der Waals surface area contributed by atoms with Gasteiger partial charge in [-0.2, -0.15) is 13.2 Å². The molecule has 0 bridgehead atoms. The molecule has 0 radical (unpaired) electrons. The van der Waals surface area contributed by atoms with E-state index in [1.54, 1.807) is 12.4 Å². The number of nitrogens with one attached hydrogen (secondary N) is 1. The number of ether oxygens (including phenoxy) is 1. The molecule has 1 unspecified atom stereocenters. The molecule has 1 heterocycles. The second kappa shape index (κ2) is 6.67. The van der Waals surface area contributed by atoms with Crippen molar-refractivity contribution in [2.75, 3.05) is 13.2 Å². The van der Waals surface area contributed by atoms with Gasteiger partial charge in [-0.3, -0.25) is 16.3 Å². The molecule has 3 N–H and O–H groups in total. The van der Waals surface area contributed by atoms with E-state index in [4.69, 9.17) is 5.84 Å². The van der Waals surface area contributed by atoms with Gasteiger partial charge in [0.05, 0.1) is 0 Å². The van der Waals surface area contributed by atoms with E-state index in [0.29, 0.717) is 6.42 Å². The quantitative estimate of drug-likeness (QED) is 0.467. The Hall–Kier alpha value is -1.18. The van der Waals surface area contributed by atoms with E-state index in [9.17, 15) is 13.2 Å². The first kappa shape index (κ1) is 14.9. The van der Waals surface area contributed by atoms with Gasteiger partial charge in [-0.05, 0) is 24.5 Å². The number of alkyl halides is 3. The molecule has 0 aliphatic carbocycles. The highest BCUT2D eigenvalue weighted by molar-refractivity contribution is 5.19. The number of hydrazine groups is 1. The largest absolute Gasteiger partial charge is 0.411 e. The Morgan fingerprint density at radius 3 is 2.72 bits per heavy atom. The zero-order valence-corrected chi connectivity index (χ0v) is 10.00. The summed E-state index contributed by atoms with van der Waals surface area (Å²) in [4.78, 5) is 4.00. The maximum absolute atomic E-state index is 11.9. The van der Waals surface area contributed by atoms with Crippen molar-refractivity contribution in [3.8, 4) is 0 Å². The molecule has 1 atom stereocenters. The number of halogens is 3. The third-order valence-corrected chi connectivity index (χ3v) is 2.32. The Kier molecular flexibility index (Phi) is 5.52. The molecule has 18 heavy (non-hydrogen) atoms. The first-order valence-corrected chi connectivity index (χ1v) is 5.44. The van der Waals surface area contributed by atoms with E-state index in [2.05, 4.69) is 15.1 Å². The molecule has 0 amide bonds. The van der Waals surface area contributed by atoms with Crippen molar-refractivity contribution >= 4 is 0 Å². The Morgan fingerprint density at radius 2 is 2.17 bits per heavy atom. The smallest absolute Gasteiger partial charge is 0.372 e. The molecular formula is C11H16F3N3O. The van der Waals surface area contributed by atoms with Crippen LogP contribution in [0.5, 0.6) is 0 Å². The zero-order valence-electron chi connectivity index (χ0n) is 10.00. The van der Waals surface area contributed by atoms with Crippen LogP contribution in [0.3, 0.4) is 0 Å². The Balaban J connectivity index is 2.43. The fraction of sp³-hybridized carbons (Fsp3) is 0.545. The summed E-state index contributed by atoms with van der Waals surface area (Å²) in [7, 11) is 0. The summed E-state index contributed by atoms with van der Waals surface area (Å²) < 4.78 is 40.1. The van der Waals surface area contributed by atoms with Crippen molar-refractivity contribution in [3.05, 3.63) is 29.6 Å². The van der Waals surface area contributed by atoms with Crippen molar-refractivity contribution in [2.24, 2.45) is 5.84 Å².